The fraction of sp³-hybridized carbons (Fsp3) is 0.111. The molecule has 0 saturated carbocycles. The SMILES string of the molecule is COc1ccc(/C=C\S(N)(=O)=O)cc1[N+](=O)[O-]. The molecule has 1 aromatic rings. The first-order chi connectivity index (χ1) is 7.83. The quantitative estimate of drug-likeness (QED) is 0.635. The lowest BCUT2D eigenvalue weighted by atomic mass is 10.2. The Bertz CT molecular complexity index is 565. The summed E-state index contributed by atoms with van der Waals surface area (Å²) in [4.78, 5) is 10.1. The van der Waals surface area contributed by atoms with E-state index in [4.69, 9.17) is 9.88 Å². The van der Waals surface area contributed by atoms with Gasteiger partial charge in [-0.1, -0.05) is 6.07 Å². The molecule has 1 rings (SSSR count). The summed E-state index contributed by atoms with van der Waals surface area (Å²) < 4.78 is 26.2. The largest absolute Gasteiger partial charge is 0.490 e. The van der Waals surface area contributed by atoms with Crippen molar-refractivity contribution in [3.8, 4) is 5.75 Å². The number of methoxy groups -OCH3 is 1. The second-order valence-electron chi connectivity index (χ2n) is 3.08. The fourth-order valence-corrected chi connectivity index (χ4v) is 1.47. The minimum absolute atomic E-state index is 0.0998. The van der Waals surface area contributed by atoms with E-state index in [0.717, 1.165) is 5.41 Å². The van der Waals surface area contributed by atoms with Gasteiger partial charge in [0.2, 0.25) is 10.0 Å². The number of hydrogen-bond donors (Lipinski definition) is 1. The van der Waals surface area contributed by atoms with Gasteiger partial charge in [-0.05, 0) is 17.7 Å². The van der Waals surface area contributed by atoms with Crippen LogP contribution in [0.4, 0.5) is 5.69 Å². The Morgan fingerprint density at radius 1 is 1.47 bits per heavy atom. The van der Waals surface area contributed by atoms with Crippen molar-refractivity contribution in [1.29, 1.82) is 0 Å². The zero-order chi connectivity index (χ0) is 13.1. The first kappa shape index (κ1) is 13.1. The molecule has 0 amide bonds. The van der Waals surface area contributed by atoms with Crippen LogP contribution in [-0.2, 0) is 10.0 Å². The molecule has 0 heterocycles. The summed E-state index contributed by atoms with van der Waals surface area (Å²) in [6.07, 6.45) is 1.17. The van der Waals surface area contributed by atoms with E-state index in [9.17, 15) is 18.5 Å². The Balaban J connectivity index is 3.18. The van der Waals surface area contributed by atoms with Crippen LogP contribution in [0.25, 0.3) is 6.08 Å². The molecular formula is C9H10N2O5S. The summed E-state index contributed by atoms with van der Waals surface area (Å²) in [6, 6.07) is 4.05. The lowest BCUT2D eigenvalue weighted by molar-refractivity contribution is -0.385. The minimum Gasteiger partial charge on any atom is -0.490 e. The lowest BCUT2D eigenvalue weighted by Crippen LogP contribution is -2.06. The molecule has 0 radical (unpaired) electrons. The predicted octanol–water partition coefficient (Wildman–Crippen LogP) is 0.863. The molecule has 92 valence electrons. The van der Waals surface area contributed by atoms with Gasteiger partial charge >= 0.3 is 5.69 Å². The molecule has 0 saturated heterocycles. The lowest BCUT2D eigenvalue weighted by Gasteiger charge is -2.01. The average Bonchev–Trinajstić information content (AvgIpc) is 2.25. The number of nitro benzene ring substituents is 1. The van der Waals surface area contributed by atoms with Crippen LogP contribution in [0.3, 0.4) is 0 Å². The number of benzene rings is 1. The highest BCUT2D eigenvalue weighted by molar-refractivity contribution is 7.92. The predicted molar refractivity (Wildman–Crippen MR) is 61.8 cm³/mol. The summed E-state index contributed by atoms with van der Waals surface area (Å²) in [5.74, 6) is 0.0998. The smallest absolute Gasteiger partial charge is 0.311 e. The van der Waals surface area contributed by atoms with Gasteiger partial charge in [-0.15, -0.1) is 0 Å². The molecule has 8 heteroatoms. The van der Waals surface area contributed by atoms with Crippen LogP contribution in [0.1, 0.15) is 5.56 Å². The monoisotopic (exact) mass is 258 g/mol. The van der Waals surface area contributed by atoms with E-state index in [2.05, 4.69) is 0 Å². The highest BCUT2D eigenvalue weighted by atomic mass is 32.2. The molecule has 7 nitrogen and oxygen atoms in total. The normalized spacial score (nSPS) is 11.6. The van der Waals surface area contributed by atoms with Crippen LogP contribution >= 0.6 is 0 Å². The number of nitrogens with zero attached hydrogens (tertiary/aromatic N) is 1. The van der Waals surface area contributed by atoms with Gasteiger partial charge < -0.3 is 4.74 Å². The Kier molecular flexibility index (Phi) is 3.81. The summed E-state index contributed by atoms with van der Waals surface area (Å²) in [6.45, 7) is 0. The van der Waals surface area contributed by atoms with Gasteiger partial charge in [-0.25, -0.2) is 13.6 Å². The highest BCUT2D eigenvalue weighted by Crippen LogP contribution is 2.27. The van der Waals surface area contributed by atoms with Crippen molar-refractivity contribution in [3.63, 3.8) is 0 Å². The third kappa shape index (κ3) is 3.85. The Morgan fingerprint density at radius 2 is 2.12 bits per heavy atom. The van der Waals surface area contributed by atoms with Gasteiger partial charge in [0.05, 0.1) is 12.0 Å². The summed E-state index contributed by atoms with van der Waals surface area (Å²) in [5.41, 5.74) is 0.0931. The van der Waals surface area contributed by atoms with Crippen molar-refractivity contribution in [2.45, 2.75) is 0 Å². The van der Waals surface area contributed by atoms with Gasteiger partial charge in [0.25, 0.3) is 0 Å². The van der Waals surface area contributed by atoms with E-state index in [-0.39, 0.29) is 11.4 Å². The molecule has 0 fully saturated rings. The molecule has 0 bridgehead atoms. The standard InChI is InChI=1S/C9H10N2O5S/c1-16-9-3-2-7(4-5-17(10,14)15)6-8(9)11(12)13/h2-6H,1H3,(H2,10,14,15)/b5-4-. The zero-order valence-corrected chi connectivity index (χ0v) is 9.68. The molecule has 17 heavy (non-hydrogen) atoms. The molecule has 1 aromatic carbocycles. The number of primary sulfonamides is 1. The van der Waals surface area contributed by atoms with Gasteiger partial charge in [-0.3, -0.25) is 10.1 Å². The van der Waals surface area contributed by atoms with Crippen molar-refractivity contribution in [1.82, 2.24) is 0 Å². The Labute approximate surface area is 97.7 Å². The summed E-state index contributed by atoms with van der Waals surface area (Å²) in [5, 5.41) is 16.2. The number of nitro groups is 1. The van der Waals surface area contributed by atoms with E-state index in [1.54, 1.807) is 0 Å². The zero-order valence-electron chi connectivity index (χ0n) is 8.86. The summed E-state index contributed by atoms with van der Waals surface area (Å²) in [7, 11) is -2.45. The number of ether oxygens (including phenoxy) is 1. The van der Waals surface area contributed by atoms with E-state index in [1.165, 1.54) is 31.4 Å². The third-order valence-corrected chi connectivity index (χ3v) is 2.37. The molecule has 0 aliphatic rings. The maximum atomic E-state index is 10.7. The average molecular weight is 258 g/mol. The first-order valence-corrected chi connectivity index (χ1v) is 5.98. The molecule has 0 spiro atoms. The van der Waals surface area contributed by atoms with E-state index < -0.39 is 14.9 Å². The number of nitrogens with two attached hydrogens (primary N) is 1. The third-order valence-electron chi connectivity index (χ3n) is 1.85. The Morgan fingerprint density at radius 3 is 2.59 bits per heavy atom. The van der Waals surface area contributed by atoms with Gasteiger partial charge in [0.1, 0.15) is 0 Å². The van der Waals surface area contributed by atoms with Crippen LogP contribution in [0, 0.1) is 10.1 Å². The van der Waals surface area contributed by atoms with E-state index in [0.29, 0.717) is 5.56 Å². The van der Waals surface area contributed by atoms with Crippen LogP contribution in [0.2, 0.25) is 0 Å². The van der Waals surface area contributed by atoms with Gasteiger partial charge in [0.15, 0.2) is 5.75 Å². The number of hydrogen-bond acceptors (Lipinski definition) is 5. The molecule has 0 aliphatic heterocycles. The molecule has 2 N–H and O–H groups in total. The maximum absolute atomic E-state index is 10.7. The minimum atomic E-state index is -3.75. The van der Waals surface area contributed by atoms with E-state index >= 15 is 0 Å². The van der Waals surface area contributed by atoms with Crippen LogP contribution in [-0.4, -0.2) is 20.5 Å². The second-order valence-corrected chi connectivity index (χ2v) is 4.53. The first-order valence-electron chi connectivity index (χ1n) is 4.37. The highest BCUT2D eigenvalue weighted by Gasteiger charge is 2.14. The molecule has 0 aromatic heterocycles. The van der Waals surface area contributed by atoms with Crippen molar-refractivity contribution >= 4 is 21.8 Å². The van der Waals surface area contributed by atoms with Crippen molar-refractivity contribution < 1.29 is 18.1 Å². The maximum Gasteiger partial charge on any atom is 0.311 e. The fourth-order valence-electron chi connectivity index (χ4n) is 1.13. The Hall–Kier alpha value is -1.93. The van der Waals surface area contributed by atoms with Crippen LogP contribution in [0.5, 0.6) is 5.75 Å². The van der Waals surface area contributed by atoms with Crippen LogP contribution < -0.4 is 9.88 Å². The molecular weight excluding hydrogens is 248 g/mol. The molecule has 0 aliphatic carbocycles. The van der Waals surface area contributed by atoms with E-state index in [1.807, 2.05) is 0 Å². The molecule has 0 unspecified atom stereocenters. The van der Waals surface area contributed by atoms with Crippen LogP contribution in [0.15, 0.2) is 23.6 Å². The summed E-state index contributed by atoms with van der Waals surface area (Å²) >= 11 is 0. The second kappa shape index (κ2) is 4.93. The van der Waals surface area contributed by atoms with Gasteiger partial charge in [-0.2, -0.15) is 0 Å². The topological polar surface area (TPSA) is 113 Å². The molecule has 0 atom stereocenters. The van der Waals surface area contributed by atoms with Crippen molar-refractivity contribution in [2.75, 3.05) is 7.11 Å². The van der Waals surface area contributed by atoms with Crippen molar-refractivity contribution in [3.05, 3.63) is 39.3 Å². The number of sulfonamides is 1. The van der Waals surface area contributed by atoms with Gasteiger partial charge in [0, 0.05) is 11.5 Å². The van der Waals surface area contributed by atoms with Crippen molar-refractivity contribution in [2.24, 2.45) is 5.14 Å². The number of rotatable bonds is 4.